The Kier molecular flexibility index (Phi) is 10.4. The highest BCUT2D eigenvalue weighted by atomic mass is 15.1. The Morgan fingerprint density at radius 1 is 0.310 bits per heavy atom. The average molecular weight is 915 g/mol. The normalized spacial score (nSPS) is 12.7. The van der Waals surface area contributed by atoms with Crippen LogP contribution in [0.5, 0.6) is 0 Å². The van der Waals surface area contributed by atoms with Gasteiger partial charge in [-0.3, -0.25) is 0 Å². The molecule has 1 aliphatic carbocycles. The zero-order valence-electron chi connectivity index (χ0n) is 40.2. The van der Waals surface area contributed by atoms with E-state index >= 15 is 0 Å². The summed E-state index contributed by atoms with van der Waals surface area (Å²) in [6, 6.07) is 89.5. The zero-order chi connectivity index (χ0) is 47.5. The maximum absolute atomic E-state index is 2.52. The van der Waals surface area contributed by atoms with Crippen molar-refractivity contribution >= 4 is 77.7 Å². The van der Waals surface area contributed by atoms with Crippen molar-refractivity contribution in [2.45, 2.75) is 44.9 Å². The van der Waals surface area contributed by atoms with E-state index < -0.39 is 0 Å². The first-order valence-corrected chi connectivity index (χ1v) is 25.3. The van der Waals surface area contributed by atoms with Crippen LogP contribution in [0.3, 0.4) is 0 Å². The van der Waals surface area contributed by atoms with E-state index in [1.54, 1.807) is 0 Å². The van der Waals surface area contributed by atoms with Gasteiger partial charge in [0.15, 0.2) is 0 Å². The summed E-state index contributed by atoms with van der Waals surface area (Å²) < 4.78 is 4.79. The SMILES string of the molecule is CCCC1(CCC)c2cc(N(c3ccccc3)c3ccc(-n4c5ccccc5c5ccccc54)cc3)ccc2-c2ccc(N(c3ccccc3)c3ccc(-n4c5ccccc5c5ccccc54)cc3)cc21. The third-order valence-electron chi connectivity index (χ3n) is 15.1. The molecule has 342 valence electrons. The fourth-order valence-corrected chi connectivity index (χ4v) is 12.2. The highest BCUT2D eigenvalue weighted by Crippen LogP contribution is 2.56. The van der Waals surface area contributed by atoms with Crippen molar-refractivity contribution in [3.8, 4) is 22.5 Å². The number of nitrogens with zero attached hydrogens (tertiary/aromatic N) is 4. The van der Waals surface area contributed by atoms with Gasteiger partial charge in [-0.05, 0) is 156 Å². The largest absolute Gasteiger partial charge is 0.310 e. The number of rotatable bonds is 12. The molecule has 0 fully saturated rings. The second-order valence-electron chi connectivity index (χ2n) is 19.2. The third-order valence-corrected chi connectivity index (χ3v) is 15.1. The molecule has 0 bridgehead atoms. The van der Waals surface area contributed by atoms with Crippen LogP contribution in [-0.4, -0.2) is 9.13 Å². The van der Waals surface area contributed by atoms with Crippen LogP contribution in [0.25, 0.3) is 66.1 Å². The minimum Gasteiger partial charge on any atom is -0.310 e. The molecule has 0 radical (unpaired) electrons. The molecule has 0 unspecified atom stereocenters. The van der Waals surface area contributed by atoms with Crippen LogP contribution < -0.4 is 9.80 Å². The molecular formula is C67H54N4. The van der Waals surface area contributed by atoms with Crippen molar-refractivity contribution < 1.29 is 0 Å². The molecule has 0 aliphatic heterocycles. The topological polar surface area (TPSA) is 16.3 Å². The molecule has 13 rings (SSSR count). The van der Waals surface area contributed by atoms with Gasteiger partial charge in [0, 0.05) is 72.5 Å². The quantitative estimate of drug-likeness (QED) is 0.121. The summed E-state index contributed by atoms with van der Waals surface area (Å²) in [4.78, 5) is 4.88. The van der Waals surface area contributed by atoms with E-state index in [-0.39, 0.29) is 5.41 Å². The van der Waals surface area contributed by atoms with Crippen molar-refractivity contribution in [1.82, 2.24) is 9.13 Å². The third kappa shape index (κ3) is 6.88. The number of aromatic nitrogens is 2. The number of benzene rings is 10. The Hall–Kier alpha value is -8.60. The summed E-state index contributed by atoms with van der Waals surface area (Å²) in [7, 11) is 0. The lowest BCUT2D eigenvalue weighted by Crippen LogP contribution is -2.25. The van der Waals surface area contributed by atoms with E-state index in [4.69, 9.17) is 0 Å². The van der Waals surface area contributed by atoms with Crippen molar-refractivity contribution in [2.24, 2.45) is 0 Å². The molecule has 4 nitrogen and oxygen atoms in total. The Balaban J connectivity index is 0.911. The first-order chi connectivity index (χ1) is 35.1. The van der Waals surface area contributed by atoms with Crippen molar-refractivity contribution in [2.75, 3.05) is 9.80 Å². The van der Waals surface area contributed by atoms with E-state index in [2.05, 4.69) is 275 Å². The van der Waals surface area contributed by atoms with Crippen LogP contribution in [0.1, 0.15) is 50.7 Å². The molecule has 10 aromatic carbocycles. The summed E-state index contributed by atoms with van der Waals surface area (Å²) in [6.07, 6.45) is 4.27. The van der Waals surface area contributed by atoms with Gasteiger partial charge in [-0.1, -0.05) is 148 Å². The van der Waals surface area contributed by atoms with E-state index in [9.17, 15) is 0 Å². The Morgan fingerprint density at radius 3 is 0.944 bits per heavy atom. The molecule has 2 aromatic heterocycles. The summed E-state index contributed by atoms with van der Waals surface area (Å²) in [6.45, 7) is 4.71. The maximum Gasteiger partial charge on any atom is 0.0541 e. The van der Waals surface area contributed by atoms with Crippen LogP contribution in [-0.2, 0) is 5.41 Å². The summed E-state index contributed by atoms with van der Waals surface area (Å²) in [5, 5.41) is 5.07. The summed E-state index contributed by atoms with van der Waals surface area (Å²) in [5.74, 6) is 0. The lowest BCUT2D eigenvalue weighted by Gasteiger charge is -2.34. The Morgan fingerprint density at radius 2 is 0.606 bits per heavy atom. The van der Waals surface area contributed by atoms with E-state index in [0.29, 0.717) is 0 Å². The van der Waals surface area contributed by atoms with Crippen molar-refractivity contribution in [3.63, 3.8) is 0 Å². The lowest BCUT2D eigenvalue weighted by molar-refractivity contribution is 0.436. The molecule has 0 N–H and O–H groups in total. The van der Waals surface area contributed by atoms with E-state index in [1.807, 2.05) is 0 Å². The maximum atomic E-state index is 2.52. The van der Waals surface area contributed by atoms with Gasteiger partial charge in [-0.15, -0.1) is 0 Å². The van der Waals surface area contributed by atoms with Gasteiger partial charge < -0.3 is 18.9 Å². The number of anilines is 6. The molecule has 0 saturated carbocycles. The average Bonchev–Trinajstić information content (AvgIpc) is 4.04. The predicted octanol–water partition coefficient (Wildman–Crippen LogP) is 18.7. The molecule has 1 aliphatic rings. The van der Waals surface area contributed by atoms with E-state index in [1.165, 1.54) is 77.2 Å². The second-order valence-corrected chi connectivity index (χ2v) is 19.2. The predicted molar refractivity (Wildman–Crippen MR) is 301 cm³/mol. The van der Waals surface area contributed by atoms with Crippen LogP contribution in [0, 0.1) is 0 Å². The number of para-hydroxylation sites is 6. The highest BCUT2D eigenvalue weighted by molar-refractivity contribution is 6.10. The highest BCUT2D eigenvalue weighted by Gasteiger charge is 2.43. The number of hydrogen-bond donors (Lipinski definition) is 0. The van der Waals surface area contributed by atoms with Gasteiger partial charge in [0.1, 0.15) is 0 Å². The van der Waals surface area contributed by atoms with Crippen molar-refractivity contribution in [3.05, 3.63) is 254 Å². The van der Waals surface area contributed by atoms with Crippen LogP contribution >= 0.6 is 0 Å². The Labute approximate surface area is 415 Å². The summed E-state index contributed by atoms with van der Waals surface area (Å²) in [5.41, 5.74) is 19.4. The zero-order valence-corrected chi connectivity index (χ0v) is 40.2. The lowest BCUT2D eigenvalue weighted by atomic mass is 9.71. The molecule has 4 heteroatoms. The van der Waals surface area contributed by atoms with Crippen LogP contribution in [0.15, 0.2) is 243 Å². The fourth-order valence-electron chi connectivity index (χ4n) is 12.2. The molecule has 0 saturated heterocycles. The first kappa shape index (κ1) is 42.5. The van der Waals surface area contributed by atoms with Crippen LogP contribution in [0.2, 0.25) is 0 Å². The molecular weight excluding hydrogens is 861 g/mol. The molecule has 0 amide bonds. The monoisotopic (exact) mass is 914 g/mol. The van der Waals surface area contributed by atoms with Crippen LogP contribution in [0.4, 0.5) is 34.1 Å². The van der Waals surface area contributed by atoms with Gasteiger partial charge >= 0.3 is 0 Å². The molecule has 2 heterocycles. The minimum absolute atomic E-state index is 0.161. The smallest absolute Gasteiger partial charge is 0.0541 e. The number of hydrogen-bond acceptors (Lipinski definition) is 2. The molecule has 12 aromatic rings. The van der Waals surface area contributed by atoms with Gasteiger partial charge in [0.25, 0.3) is 0 Å². The van der Waals surface area contributed by atoms with Gasteiger partial charge in [-0.2, -0.15) is 0 Å². The van der Waals surface area contributed by atoms with Gasteiger partial charge in [0.2, 0.25) is 0 Å². The molecule has 71 heavy (non-hydrogen) atoms. The van der Waals surface area contributed by atoms with E-state index in [0.717, 1.165) is 59.8 Å². The van der Waals surface area contributed by atoms with Crippen molar-refractivity contribution in [1.29, 1.82) is 0 Å². The second kappa shape index (κ2) is 17.4. The first-order valence-electron chi connectivity index (χ1n) is 25.3. The molecule has 0 spiro atoms. The standard InChI is InChI=1S/C67H54N4/c1-3-43-67(44-4-2)61-45-53(68(47-19-7-5-8-20-47)49-31-35-51(36-32-49)70-63-27-15-11-23-57(63)58-24-12-16-28-64(58)70)39-41-55(61)56-42-40-54(46-62(56)67)69(48-21-9-6-10-22-48)50-33-37-52(38-34-50)71-65-29-17-13-25-59(65)60-26-14-18-30-66(60)71/h5-42,45-46H,3-4,43-44H2,1-2H3. The fraction of sp³-hybridized carbons (Fsp3) is 0.104. The van der Waals surface area contributed by atoms with Gasteiger partial charge in [-0.25, -0.2) is 0 Å². The minimum atomic E-state index is -0.161. The Bertz CT molecular complexity index is 3540. The van der Waals surface area contributed by atoms with Gasteiger partial charge in [0.05, 0.1) is 22.1 Å². The molecule has 0 atom stereocenters. The number of fused-ring (bicyclic) bond motifs is 9. The summed E-state index contributed by atoms with van der Waals surface area (Å²) >= 11 is 0.